The third-order valence-corrected chi connectivity index (χ3v) is 6.98. The number of amides is 1. The van der Waals surface area contributed by atoms with E-state index in [4.69, 9.17) is 4.74 Å². The van der Waals surface area contributed by atoms with Crippen LogP contribution in [0.1, 0.15) is 45.0 Å². The highest BCUT2D eigenvalue weighted by atomic mass is 19.3. The number of fused-ring (bicyclic) bond motifs is 2. The summed E-state index contributed by atoms with van der Waals surface area (Å²) in [6.45, 7) is -2.18. The van der Waals surface area contributed by atoms with Gasteiger partial charge in [0.1, 0.15) is 22.5 Å². The molecule has 1 amide bonds. The zero-order chi connectivity index (χ0) is 27.7. The van der Waals surface area contributed by atoms with E-state index in [1.807, 2.05) is 30.3 Å². The van der Waals surface area contributed by atoms with E-state index in [1.54, 1.807) is 23.7 Å². The molecule has 202 valence electrons. The molecule has 4 aromatic rings. The van der Waals surface area contributed by atoms with Gasteiger partial charge in [-0.05, 0) is 65.1 Å². The molecule has 0 radical (unpaired) electrons. The van der Waals surface area contributed by atoms with E-state index in [9.17, 15) is 23.5 Å². The SMILES string of the molecule is COc1cc([C@@H](CC(=O)O)c2cccc3c2CCN(C(=O)c2ccc(OC(F)F)cc2)C3)cc2nnn(C)c12. The van der Waals surface area contributed by atoms with Crippen LogP contribution in [0.3, 0.4) is 0 Å². The molecule has 3 aromatic carbocycles. The minimum atomic E-state index is -2.94. The zero-order valence-corrected chi connectivity index (χ0v) is 21.3. The van der Waals surface area contributed by atoms with E-state index in [0.29, 0.717) is 41.9 Å². The number of alkyl halides is 2. The minimum Gasteiger partial charge on any atom is -0.494 e. The third kappa shape index (κ3) is 5.25. The van der Waals surface area contributed by atoms with E-state index in [-0.39, 0.29) is 18.1 Å². The number of aliphatic carboxylic acids is 1. The van der Waals surface area contributed by atoms with Crippen LogP contribution in [0.4, 0.5) is 8.78 Å². The van der Waals surface area contributed by atoms with Crippen molar-refractivity contribution in [2.45, 2.75) is 31.9 Å². The Morgan fingerprint density at radius 1 is 1.13 bits per heavy atom. The molecule has 2 heterocycles. The average molecular weight is 537 g/mol. The predicted octanol–water partition coefficient (Wildman–Crippen LogP) is 4.38. The summed E-state index contributed by atoms with van der Waals surface area (Å²) in [6.07, 6.45) is 0.394. The van der Waals surface area contributed by atoms with E-state index in [1.165, 1.54) is 24.3 Å². The summed E-state index contributed by atoms with van der Waals surface area (Å²) in [5.74, 6) is -1.10. The molecule has 39 heavy (non-hydrogen) atoms. The summed E-state index contributed by atoms with van der Waals surface area (Å²) in [5.41, 5.74) is 5.24. The Balaban J connectivity index is 1.46. The van der Waals surface area contributed by atoms with Gasteiger partial charge in [-0.1, -0.05) is 23.4 Å². The molecule has 0 aliphatic carbocycles. The molecule has 1 aromatic heterocycles. The van der Waals surface area contributed by atoms with Gasteiger partial charge in [0.05, 0.1) is 13.5 Å². The lowest BCUT2D eigenvalue weighted by Crippen LogP contribution is -2.36. The number of carbonyl (C=O) groups is 2. The summed E-state index contributed by atoms with van der Waals surface area (Å²) < 4.78 is 36.4. The van der Waals surface area contributed by atoms with Gasteiger partial charge < -0.3 is 19.5 Å². The first-order chi connectivity index (χ1) is 18.7. The number of methoxy groups -OCH3 is 1. The fourth-order valence-electron chi connectivity index (χ4n) is 5.21. The largest absolute Gasteiger partial charge is 0.494 e. The normalized spacial score (nSPS) is 13.8. The van der Waals surface area contributed by atoms with Gasteiger partial charge in [-0.25, -0.2) is 4.68 Å². The predicted molar refractivity (Wildman–Crippen MR) is 137 cm³/mol. The lowest BCUT2D eigenvalue weighted by atomic mass is 9.82. The Hall–Kier alpha value is -4.54. The highest BCUT2D eigenvalue weighted by molar-refractivity contribution is 5.94. The quantitative estimate of drug-likeness (QED) is 0.356. The number of aromatic nitrogens is 3. The molecule has 9 nitrogen and oxygen atoms in total. The molecule has 1 aliphatic rings. The molecule has 0 fully saturated rings. The van der Waals surface area contributed by atoms with Gasteiger partial charge in [-0.15, -0.1) is 5.10 Å². The highest BCUT2D eigenvalue weighted by Crippen LogP contribution is 2.38. The second kappa shape index (κ2) is 10.7. The van der Waals surface area contributed by atoms with Gasteiger partial charge in [0.25, 0.3) is 5.91 Å². The molecule has 1 atom stereocenters. The van der Waals surface area contributed by atoms with Crippen molar-refractivity contribution in [2.24, 2.45) is 7.05 Å². The van der Waals surface area contributed by atoms with Crippen LogP contribution in [0.15, 0.2) is 54.6 Å². The Bertz CT molecular complexity index is 1540. The van der Waals surface area contributed by atoms with E-state index in [2.05, 4.69) is 15.0 Å². The van der Waals surface area contributed by atoms with E-state index < -0.39 is 18.5 Å². The second-order valence-corrected chi connectivity index (χ2v) is 9.32. The molecule has 0 spiro atoms. The van der Waals surface area contributed by atoms with Gasteiger partial charge in [-0.2, -0.15) is 8.78 Å². The Morgan fingerprint density at radius 2 is 1.90 bits per heavy atom. The number of benzene rings is 3. The van der Waals surface area contributed by atoms with Gasteiger partial charge in [0.2, 0.25) is 0 Å². The lowest BCUT2D eigenvalue weighted by molar-refractivity contribution is -0.137. The molecule has 0 bridgehead atoms. The van der Waals surface area contributed by atoms with Gasteiger partial charge in [0.15, 0.2) is 0 Å². The van der Waals surface area contributed by atoms with Crippen LogP contribution in [0.25, 0.3) is 11.0 Å². The molecule has 1 aliphatic heterocycles. The first-order valence-corrected chi connectivity index (χ1v) is 12.3. The van der Waals surface area contributed by atoms with E-state index in [0.717, 1.165) is 22.3 Å². The van der Waals surface area contributed by atoms with Crippen LogP contribution in [0.2, 0.25) is 0 Å². The number of nitrogens with zero attached hydrogens (tertiary/aromatic N) is 4. The maximum absolute atomic E-state index is 13.2. The number of halogens is 2. The molecule has 11 heteroatoms. The van der Waals surface area contributed by atoms with Crippen LogP contribution >= 0.6 is 0 Å². The lowest BCUT2D eigenvalue weighted by Gasteiger charge is -2.32. The molecular weight excluding hydrogens is 510 g/mol. The Morgan fingerprint density at radius 3 is 2.59 bits per heavy atom. The summed E-state index contributed by atoms with van der Waals surface area (Å²) in [6, 6.07) is 15.0. The number of rotatable bonds is 8. The van der Waals surface area contributed by atoms with Gasteiger partial charge in [-0.3, -0.25) is 9.59 Å². The summed E-state index contributed by atoms with van der Waals surface area (Å²) in [5, 5.41) is 18.1. The van der Waals surface area contributed by atoms with Crippen molar-refractivity contribution in [1.82, 2.24) is 19.9 Å². The van der Waals surface area contributed by atoms with Gasteiger partial charge in [0, 0.05) is 31.6 Å². The van der Waals surface area contributed by atoms with Crippen molar-refractivity contribution in [3.05, 3.63) is 82.4 Å². The Labute approximate surface area is 222 Å². The van der Waals surface area contributed by atoms with Crippen molar-refractivity contribution in [2.75, 3.05) is 13.7 Å². The zero-order valence-electron chi connectivity index (χ0n) is 21.3. The summed E-state index contributed by atoms with van der Waals surface area (Å²) in [4.78, 5) is 26.8. The fraction of sp³-hybridized carbons (Fsp3) is 0.286. The number of hydrogen-bond donors (Lipinski definition) is 1. The van der Waals surface area contributed by atoms with Crippen molar-refractivity contribution < 1.29 is 33.0 Å². The topological polar surface area (TPSA) is 107 Å². The number of ether oxygens (including phenoxy) is 2. The molecule has 0 saturated carbocycles. The smallest absolute Gasteiger partial charge is 0.387 e. The first kappa shape index (κ1) is 26.1. The molecule has 0 unspecified atom stereocenters. The first-order valence-electron chi connectivity index (χ1n) is 12.3. The number of hydrogen-bond acceptors (Lipinski definition) is 6. The Kier molecular flexibility index (Phi) is 7.14. The number of carbonyl (C=O) groups excluding carboxylic acids is 1. The molecule has 0 saturated heterocycles. The summed E-state index contributed by atoms with van der Waals surface area (Å²) in [7, 11) is 3.31. The monoisotopic (exact) mass is 536 g/mol. The average Bonchev–Trinajstić information content (AvgIpc) is 3.30. The van der Waals surface area contributed by atoms with Crippen molar-refractivity contribution in [3.8, 4) is 11.5 Å². The van der Waals surface area contributed by atoms with Crippen molar-refractivity contribution >= 4 is 22.9 Å². The van der Waals surface area contributed by atoms with Crippen molar-refractivity contribution in [1.29, 1.82) is 0 Å². The minimum absolute atomic E-state index is 0.0176. The fourth-order valence-corrected chi connectivity index (χ4v) is 5.21. The van der Waals surface area contributed by atoms with E-state index >= 15 is 0 Å². The van der Waals surface area contributed by atoms with Crippen molar-refractivity contribution in [3.63, 3.8) is 0 Å². The second-order valence-electron chi connectivity index (χ2n) is 9.32. The van der Waals surface area contributed by atoms with Crippen LogP contribution < -0.4 is 9.47 Å². The number of carboxylic acid groups (broad SMARTS) is 1. The molecule has 5 rings (SSSR count). The maximum atomic E-state index is 13.2. The standard InChI is InChI=1S/C28H26F2N4O5/c1-33-26-23(31-32-33)12-18(13-24(26)38-2)22(14-25(35)36)21-5-3-4-17-15-34(11-10-20(17)21)27(37)16-6-8-19(9-7-16)39-28(29)30/h3-9,12-13,22,28H,10-11,14-15H2,1-2H3,(H,35,36)/t22-/m1/s1. The van der Waals surface area contributed by atoms with Crippen LogP contribution in [-0.2, 0) is 24.8 Å². The van der Waals surface area contributed by atoms with Gasteiger partial charge >= 0.3 is 12.6 Å². The third-order valence-electron chi connectivity index (χ3n) is 6.98. The number of carboxylic acids is 1. The number of aryl methyl sites for hydroxylation is 1. The highest BCUT2D eigenvalue weighted by Gasteiger charge is 2.28. The maximum Gasteiger partial charge on any atom is 0.387 e. The van der Waals surface area contributed by atoms with Crippen LogP contribution in [0.5, 0.6) is 11.5 Å². The molecule has 1 N–H and O–H groups in total. The summed E-state index contributed by atoms with van der Waals surface area (Å²) >= 11 is 0. The van der Waals surface area contributed by atoms with Crippen LogP contribution in [0, 0.1) is 0 Å². The molecular formula is C28H26F2N4O5. The van der Waals surface area contributed by atoms with Crippen LogP contribution in [-0.4, -0.2) is 57.1 Å².